The Bertz CT molecular complexity index is 233. The van der Waals surface area contributed by atoms with Gasteiger partial charge in [-0.05, 0) is 18.8 Å². The van der Waals surface area contributed by atoms with E-state index >= 15 is 0 Å². The Morgan fingerprint density at radius 3 is 2.33 bits per heavy atom. The molecule has 0 aliphatic carbocycles. The summed E-state index contributed by atoms with van der Waals surface area (Å²) in [6.07, 6.45) is 2.97. The lowest BCUT2D eigenvalue weighted by Crippen LogP contribution is -2.33. The molecule has 0 aromatic rings. The van der Waals surface area contributed by atoms with E-state index in [1.54, 1.807) is 6.08 Å². The second kappa shape index (κ2) is 4.62. The molecule has 2 N–H and O–H groups in total. The fraction of sp³-hybridized carbons (Fsp3) is 0.750. The van der Waals surface area contributed by atoms with Crippen molar-refractivity contribution in [2.24, 2.45) is 11.1 Å². The van der Waals surface area contributed by atoms with Crippen LogP contribution < -0.4 is 5.14 Å². The van der Waals surface area contributed by atoms with E-state index in [4.69, 9.17) is 5.14 Å². The van der Waals surface area contributed by atoms with E-state index in [1.807, 2.05) is 13.8 Å². The molecule has 0 fully saturated rings. The molecule has 72 valence electrons. The minimum Gasteiger partial charge on any atom is -0.228 e. The Labute approximate surface area is 74.7 Å². The summed E-state index contributed by atoms with van der Waals surface area (Å²) >= 11 is 0. The molecule has 0 spiro atoms. The van der Waals surface area contributed by atoms with Crippen LogP contribution in [0.3, 0.4) is 0 Å². The van der Waals surface area contributed by atoms with Gasteiger partial charge in [-0.2, -0.15) is 0 Å². The van der Waals surface area contributed by atoms with Crippen LogP contribution >= 0.6 is 0 Å². The normalized spacial score (nSPS) is 16.9. The molecule has 0 aromatic carbocycles. The van der Waals surface area contributed by atoms with Crippen LogP contribution in [0.15, 0.2) is 12.7 Å². The Kier molecular flexibility index (Phi) is 4.49. The van der Waals surface area contributed by atoms with Crippen LogP contribution in [-0.4, -0.2) is 13.7 Å². The van der Waals surface area contributed by atoms with Crippen molar-refractivity contribution in [3.63, 3.8) is 0 Å². The van der Waals surface area contributed by atoms with E-state index < -0.39 is 15.3 Å². The number of primary sulfonamides is 1. The zero-order valence-corrected chi connectivity index (χ0v) is 8.47. The van der Waals surface area contributed by atoms with Crippen molar-refractivity contribution >= 4 is 10.0 Å². The van der Waals surface area contributed by atoms with Crippen LogP contribution in [-0.2, 0) is 10.0 Å². The van der Waals surface area contributed by atoms with E-state index in [-0.39, 0.29) is 5.92 Å². The van der Waals surface area contributed by atoms with Crippen LogP contribution in [0.1, 0.15) is 26.7 Å². The Hall–Kier alpha value is -0.350. The number of sulfonamides is 1. The number of nitrogens with two attached hydrogens (primary N) is 1. The van der Waals surface area contributed by atoms with Crippen molar-refractivity contribution in [2.75, 3.05) is 0 Å². The van der Waals surface area contributed by atoms with Gasteiger partial charge in [0.25, 0.3) is 0 Å². The highest BCUT2D eigenvalue weighted by Crippen LogP contribution is 2.17. The maximum absolute atomic E-state index is 11.0. The smallest absolute Gasteiger partial charge is 0.212 e. The zero-order chi connectivity index (χ0) is 9.78. The SMILES string of the molecule is C=CC[C@@H](C)[C@@H](CC)S(N)(=O)=O. The molecular formula is C8H17NO2S. The summed E-state index contributed by atoms with van der Waals surface area (Å²) in [6, 6.07) is 0. The van der Waals surface area contributed by atoms with Crippen molar-refractivity contribution in [3.8, 4) is 0 Å². The average molecular weight is 191 g/mol. The monoisotopic (exact) mass is 191 g/mol. The number of rotatable bonds is 5. The first-order valence-electron chi connectivity index (χ1n) is 4.06. The molecule has 2 atom stereocenters. The van der Waals surface area contributed by atoms with Crippen LogP contribution in [0.2, 0.25) is 0 Å². The first kappa shape index (κ1) is 11.6. The molecule has 4 heteroatoms. The highest BCUT2D eigenvalue weighted by atomic mass is 32.2. The van der Waals surface area contributed by atoms with Gasteiger partial charge in [-0.25, -0.2) is 13.6 Å². The van der Waals surface area contributed by atoms with Gasteiger partial charge in [-0.3, -0.25) is 0 Å². The third-order valence-corrected chi connectivity index (χ3v) is 3.64. The maximum Gasteiger partial charge on any atom is 0.212 e. The van der Waals surface area contributed by atoms with Crippen LogP contribution in [0.5, 0.6) is 0 Å². The van der Waals surface area contributed by atoms with E-state index in [0.717, 1.165) is 0 Å². The minimum absolute atomic E-state index is 0.0579. The lowest BCUT2D eigenvalue weighted by molar-refractivity contribution is 0.499. The maximum atomic E-state index is 11.0. The van der Waals surface area contributed by atoms with Crippen molar-refractivity contribution in [1.29, 1.82) is 0 Å². The van der Waals surface area contributed by atoms with E-state index in [0.29, 0.717) is 12.8 Å². The first-order valence-corrected chi connectivity index (χ1v) is 5.66. The molecule has 0 amide bonds. The van der Waals surface area contributed by atoms with Gasteiger partial charge in [-0.1, -0.05) is 19.9 Å². The summed E-state index contributed by atoms with van der Waals surface area (Å²) in [7, 11) is -3.38. The first-order chi connectivity index (χ1) is 5.43. The van der Waals surface area contributed by atoms with Gasteiger partial charge in [-0.15, -0.1) is 6.58 Å². The van der Waals surface area contributed by atoms with Crippen LogP contribution in [0.4, 0.5) is 0 Å². The van der Waals surface area contributed by atoms with E-state index in [2.05, 4.69) is 6.58 Å². The average Bonchev–Trinajstić information content (AvgIpc) is 1.85. The second-order valence-corrected chi connectivity index (χ2v) is 4.82. The highest BCUT2D eigenvalue weighted by molar-refractivity contribution is 7.89. The standard InChI is InChI=1S/C8H17NO2S/c1-4-6-7(3)8(5-2)12(9,10)11/h4,7-8H,1,5-6H2,2-3H3,(H2,9,10,11)/t7-,8-/m1/s1. The fourth-order valence-corrected chi connectivity index (χ4v) is 2.60. The van der Waals surface area contributed by atoms with Gasteiger partial charge >= 0.3 is 0 Å². The minimum atomic E-state index is -3.38. The Morgan fingerprint density at radius 2 is 2.08 bits per heavy atom. The summed E-state index contributed by atoms with van der Waals surface area (Å²) in [5.41, 5.74) is 0. The summed E-state index contributed by atoms with van der Waals surface area (Å²) in [4.78, 5) is 0. The van der Waals surface area contributed by atoms with Crippen molar-refractivity contribution in [2.45, 2.75) is 31.9 Å². The molecule has 0 bridgehead atoms. The number of allylic oxidation sites excluding steroid dienone is 1. The van der Waals surface area contributed by atoms with Gasteiger partial charge in [0.2, 0.25) is 10.0 Å². The fourth-order valence-electron chi connectivity index (χ4n) is 1.37. The molecule has 0 heterocycles. The molecule has 12 heavy (non-hydrogen) atoms. The summed E-state index contributed by atoms with van der Waals surface area (Å²) in [5, 5.41) is 4.62. The molecule has 0 unspecified atom stereocenters. The Balaban J connectivity index is 4.45. The molecule has 3 nitrogen and oxygen atoms in total. The third kappa shape index (κ3) is 3.36. The number of hydrogen-bond donors (Lipinski definition) is 1. The third-order valence-electron chi connectivity index (χ3n) is 2.00. The topological polar surface area (TPSA) is 60.2 Å². The van der Waals surface area contributed by atoms with Gasteiger partial charge in [0.15, 0.2) is 0 Å². The lowest BCUT2D eigenvalue weighted by Gasteiger charge is -2.18. The van der Waals surface area contributed by atoms with Crippen LogP contribution in [0, 0.1) is 5.92 Å². The molecule has 0 saturated heterocycles. The van der Waals surface area contributed by atoms with Gasteiger partial charge in [0, 0.05) is 0 Å². The second-order valence-electron chi connectivity index (χ2n) is 3.04. The van der Waals surface area contributed by atoms with E-state index in [9.17, 15) is 8.42 Å². The zero-order valence-electron chi connectivity index (χ0n) is 7.66. The predicted molar refractivity (Wildman–Crippen MR) is 51.2 cm³/mol. The molecule has 0 saturated carbocycles. The van der Waals surface area contributed by atoms with Crippen molar-refractivity contribution in [1.82, 2.24) is 0 Å². The quantitative estimate of drug-likeness (QED) is 0.665. The molecule has 0 aliphatic rings. The molecular weight excluding hydrogens is 174 g/mol. The molecule has 0 radical (unpaired) electrons. The Morgan fingerprint density at radius 1 is 1.58 bits per heavy atom. The summed E-state index contributed by atoms with van der Waals surface area (Å²) < 4.78 is 22.0. The van der Waals surface area contributed by atoms with Gasteiger partial charge in [0.1, 0.15) is 0 Å². The largest absolute Gasteiger partial charge is 0.228 e. The van der Waals surface area contributed by atoms with Crippen LogP contribution in [0.25, 0.3) is 0 Å². The van der Waals surface area contributed by atoms with E-state index in [1.165, 1.54) is 0 Å². The summed E-state index contributed by atoms with van der Waals surface area (Å²) in [6.45, 7) is 7.27. The van der Waals surface area contributed by atoms with Gasteiger partial charge in [0.05, 0.1) is 5.25 Å². The highest BCUT2D eigenvalue weighted by Gasteiger charge is 2.24. The summed E-state index contributed by atoms with van der Waals surface area (Å²) in [5.74, 6) is 0.0579. The molecule has 0 rings (SSSR count). The van der Waals surface area contributed by atoms with Crippen molar-refractivity contribution in [3.05, 3.63) is 12.7 Å². The molecule has 0 aliphatic heterocycles. The predicted octanol–water partition coefficient (Wildman–Crippen LogP) is 1.27. The van der Waals surface area contributed by atoms with Gasteiger partial charge < -0.3 is 0 Å². The van der Waals surface area contributed by atoms with Crippen molar-refractivity contribution < 1.29 is 8.42 Å². The number of hydrogen-bond acceptors (Lipinski definition) is 2. The lowest BCUT2D eigenvalue weighted by atomic mass is 10.0. The molecule has 0 aromatic heterocycles.